The molecule has 1 amide bonds. The summed E-state index contributed by atoms with van der Waals surface area (Å²) in [7, 11) is -3.54. The lowest BCUT2D eigenvalue weighted by Crippen LogP contribution is -2.46. The number of aryl methyl sites for hydroxylation is 1. The second-order valence-electron chi connectivity index (χ2n) is 7.19. The van der Waals surface area contributed by atoms with Gasteiger partial charge in [-0.05, 0) is 50.8 Å². The van der Waals surface area contributed by atoms with E-state index in [4.69, 9.17) is 5.73 Å². The minimum atomic E-state index is -3.54. The fraction of sp³-hybridized carbons (Fsp3) is 0.611. The van der Waals surface area contributed by atoms with Crippen molar-refractivity contribution in [1.29, 1.82) is 0 Å². The molecule has 138 valence electrons. The van der Waals surface area contributed by atoms with E-state index in [0.29, 0.717) is 30.4 Å². The van der Waals surface area contributed by atoms with Crippen LogP contribution in [0, 0.1) is 18.8 Å². The number of rotatable bonds is 4. The van der Waals surface area contributed by atoms with Gasteiger partial charge in [-0.3, -0.25) is 4.79 Å². The Morgan fingerprint density at radius 1 is 1.16 bits per heavy atom. The monoisotopic (exact) mass is 365 g/mol. The summed E-state index contributed by atoms with van der Waals surface area (Å²) in [6.07, 6.45) is 2.42. The van der Waals surface area contributed by atoms with Gasteiger partial charge in [0.1, 0.15) is 0 Å². The highest BCUT2D eigenvalue weighted by Gasteiger charge is 2.36. The lowest BCUT2D eigenvalue weighted by Gasteiger charge is -2.33. The molecule has 2 aliphatic heterocycles. The molecule has 1 aromatic carbocycles. The Labute approximate surface area is 150 Å². The summed E-state index contributed by atoms with van der Waals surface area (Å²) in [5, 5.41) is 0. The molecular formula is C18H27N3O3S. The van der Waals surface area contributed by atoms with Crippen molar-refractivity contribution >= 4 is 15.9 Å². The molecule has 2 saturated heterocycles. The number of nitrogens with two attached hydrogens (primary N) is 1. The van der Waals surface area contributed by atoms with Crippen molar-refractivity contribution in [2.75, 3.05) is 32.7 Å². The van der Waals surface area contributed by atoms with E-state index >= 15 is 0 Å². The topological polar surface area (TPSA) is 83.7 Å². The highest BCUT2D eigenvalue weighted by Crippen LogP contribution is 2.27. The molecule has 25 heavy (non-hydrogen) atoms. The fourth-order valence-electron chi connectivity index (χ4n) is 3.71. The van der Waals surface area contributed by atoms with Gasteiger partial charge in [0.15, 0.2) is 0 Å². The molecule has 0 radical (unpaired) electrons. The first-order valence-corrected chi connectivity index (χ1v) is 10.4. The Morgan fingerprint density at radius 2 is 1.88 bits per heavy atom. The van der Waals surface area contributed by atoms with E-state index in [1.807, 2.05) is 11.8 Å². The molecule has 2 atom stereocenters. The average molecular weight is 365 g/mol. The molecule has 2 aliphatic rings. The Morgan fingerprint density at radius 3 is 2.52 bits per heavy atom. The number of likely N-dealkylation sites (tertiary alicyclic amines) is 1. The van der Waals surface area contributed by atoms with E-state index in [-0.39, 0.29) is 18.4 Å². The van der Waals surface area contributed by atoms with Crippen LogP contribution in [0.5, 0.6) is 0 Å². The molecule has 6 nitrogen and oxygen atoms in total. The van der Waals surface area contributed by atoms with Crippen LogP contribution in [-0.4, -0.2) is 56.3 Å². The van der Waals surface area contributed by atoms with Gasteiger partial charge >= 0.3 is 0 Å². The van der Waals surface area contributed by atoms with Crippen molar-refractivity contribution in [2.24, 2.45) is 17.6 Å². The Kier molecular flexibility index (Phi) is 5.46. The minimum Gasteiger partial charge on any atom is -0.342 e. The summed E-state index contributed by atoms with van der Waals surface area (Å²) in [5.74, 6) is 0.213. The van der Waals surface area contributed by atoms with Gasteiger partial charge in [0.25, 0.3) is 0 Å². The van der Waals surface area contributed by atoms with E-state index in [1.54, 1.807) is 24.3 Å². The predicted octanol–water partition coefficient (Wildman–Crippen LogP) is 1.20. The van der Waals surface area contributed by atoms with Crippen molar-refractivity contribution in [1.82, 2.24) is 9.21 Å². The number of carbonyl (C=O) groups is 1. The minimum absolute atomic E-state index is 0.0831. The van der Waals surface area contributed by atoms with Crippen molar-refractivity contribution in [3.8, 4) is 0 Å². The molecule has 3 rings (SSSR count). The summed E-state index contributed by atoms with van der Waals surface area (Å²) < 4.78 is 27.2. The first-order valence-electron chi connectivity index (χ1n) is 8.97. The van der Waals surface area contributed by atoms with Crippen LogP contribution < -0.4 is 5.73 Å². The van der Waals surface area contributed by atoms with Crippen LogP contribution in [0.25, 0.3) is 0 Å². The zero-order valence-electron chi connectivity index (χ0n) is 14.7. The molecule has 2 N–H and O–H groups in total. The Hall–Kier alpha value is -1.44. The Bertz CT molecular complexity index is 718. The maximum atomic E-state index is 12.9. The number of benzene rings is 1. The summed E-state index contributed by atoms with van der Waals surface area (Å²) in [6, 6.07) is 6.89. The quantitative estimate of drug-likeness (QED) is 0.869. The number of hydrogen-bond donors (Lipinski definition) is 1. The first kappa shape index (κ1) is 18.4. The highest BCUT2D eigenvalue weighted by molar-refractivity contribution is 7.89. The molecule has 2 fully saturated rings. The maximum absolute atomic E-state index is 12.9. The van der Waals surface area contributed by atoms with Crippen LogP contribution in [0.1, 0.15) is 24.8 Å². The number of piperidine rings is 1. The molecule has 2 heterocycles. The first-order chi connectivity index (χ1) is 11.9. The SMILES string of the molecule is Cc1ccc(S(=O)(=O)N2CCCC(C(=O)N3CCC(CN)C3)C2)cc1. The van der Waals surface area contributed by atoms with Gasteiger partial charge in [-0.25, -0.2) is 8.42 Å². The predicted molar refractivity (Wildman–Crippen MR) is 96.4 cm³/mol. The van der Waals surface area contributed by atoms with Crippen LogP contribution in [0.15, 0.2) is 29.2 Å². The third-order valence-corrected chi connectivity index (χ3v) is 7.20. The summed E-state index contributed by atoms with van der Waals surface area (Å²) >= 11 is 0. The largest absolute Gasteiger partial charge is 0.342 e. The summed E-state index contributed by atoms with van der Waals surface area (Å²) in [4.78, 5) is 14.9. The third-order valence-electron chi connectivity index (χ3n) is 5.32. The number of carbonyl (C=O) groups excluding carboxylic acids is 1. The van der Waals surface area contributed by atoms with Gasteiger partial charge in [0, 0.05) is 26.2 Å². The third kappa shape index (κ3) is 3.88. The van der Waals surface area contributed by atoms with Crippen LogP contribution in [0.3, 0.4) is 0 Å². The lowest BCUT2D eigenvalue weighted by molar-refractivity contribution is -0.135. The molecule has 0 saturated carbocycles. The lowest BCUT2D eigenvalue weighted by atomic mass is 9.98. The van der Waals surface area contributed by atoms with E-state index in [1.165, 1.54) is 4.31 Å². The number of nitrogens with zero attached hydrogens (tertiary/aromatic N) is 2. The van der Waals surface area contributed by atoms with Crippen LogP contribution >= 0.6 is 0 Å². The standard InChI is InChI=1S/C18H27N3O3S/c1-14-4-6-17(7-5-14)25(23,24)21-9-2-3-16(13-21)18(22)20-10-8-15(11-19)12-20/h4-7,15-16H,2-3,8-13,19H2,1H3. The maximum Gasteiger partial charge on any atom is 0.243 e. The number of hydrogen-bond acceptors (Lipinski definition) is 4. The average Bonchev–Trinajstić information content (AvgIpc) is 3.11. The molecule has 1 aromatic rings. The summed E-state index contributed by atoms with van der Waals surface area (Å²) in [6.45, 7) is 4.72. The van der Waals surface area contributed by atoms with Crippen LogP contribution in [0.2, 0.25) is 0 Å². The number of amides is 1. The van der Waals surface area contributed by atoms with E-state index in [2.05, 4.69) is 0 Å². The smallest absolute Gasteiger partial charge is 0.243 e. The summed E-state index contributed by atoms with van der Waals surface area (Å²) in [5.41, 5.74) is 6.73. The van der Waals surface area contributed by atoms with E-state index in [0.717, 1.165) is 31.4 Å². The second-order valence-corrected chi connectivity index (χ2v) is 9.13. The molecular weight excluding hydrogens is 338 g/mol. The Balaban J connectivity index is 1.70. The van der Waals surface area contributed by atoms with Crippen LogP contribution in [-0.2, 0) is 14.8 Å². The van der Waals surface area contributed by atoms with Crippen molar-refractivity contribution in [2.45, 2.75) is 31.1 Å². The second kappa shape index (κ2) is 7.43. The fourth-order valence-corrected chi connectivity index (χ4v) is 5.23. The zero-order chi connectivity index (χ0) is 18.0. The van der Waals surface area contributed by atoms with Crippen molar-refractivity contribution < 1.29 is 13.2 Å². The van der Waals surface area contributed by atoms with Gasteiger partial charge in [0.05, 0.1) is 10.8 Å². The molecule has 0 bridgehead atoms. The van der Waals surface area contributed by atoms with Crippen molar-refractivity contribution in [3.05, 3.63) is 29.8 Å². The molecule has 7 heteroatoms. The normalized spacial score (nSPS) is 25.3. The van der Waals surface area contributed by atoms with Gasteiger partial charge in [-0.2, -0.15) is 4.31 Å². The molecule has 2 unspecified atom stereocenters. The van der Waals surface area contributed by atoms with Gasteiger partial charge in [-0.15, -0.1) is 0 Å². The molecule has 0 aromatic heterocycles. The van der Waals surface area contributed by atoms with Crippen molar-refractivity contribution in [3.63, 3.8) is 0 Å². The molecule has 0 aliphatic carbocycles. The van der Waals surface area contributed by atoms with Gasteiger partial charge in [0.2, 0.25) is 15.9 Å². The highest BCUT2D eigenvalue weighted by atomic mass is 32.2. The van der Waals surface area contributed by atoms with E-state index < -0.39 is 10.0 Å². The van der Waals surface area contributed by atoms with Gasteiger partial charge < -0.3 is 10.6 Å². The van der Waals surface area contributed by atoms with Gasteiger partial charge in [-0.1, -0.05) is 17.7 Å². The number of sulfonamides is 1. The molecule has 0 spiro atoms. The zero-order valence-corrected chi connectivity index (χ0v) is 15.5. The van der Waals surface area contributed by atoms with E-state index in [9.17, 15) is 13.2 Å². The van der Waals surface area contributed by atoms with Crippen LogP contribution in [0.4, 0.5) is 0 Å².